The van der Waals surface area contributed by atoms with E-state index in [4.69, 9.17) is 4.74 Å². The van der Waals surface area contributed by atoms with E-state index < -0.39 is 0 Å². The molecule has 0 radical (unpaired) electrons. The lowest BCUT2D eigenvalue weighted by molar-refractivity contribution is -0.120. The van der Waals surface area contributed by atoms with Crippen LogP contribution in [0, 0.1) is 0 Å². The number of hydrogen-bond donors (Lipinski definition) is 1. The van der Waals surface area contributed by atoms with Gasteiger partial charge in [-0.1, -0.05) is 25.3 Å². The highest BCUT2D eigenvalue weighted by Gasteiger charge is 2.21. The molecular formula is C17H26N2O2. The summed E-state index contributed by atoms with van der Waals surface area (Å²) in [6, 6.07) is 7.40. The van der Waals surface area contributed by atoms with Gasteiger partial charge in [0.05, 0.1) is 13.2 Å². The number of rotatable bonds is 4. The number of carbonyl (C=O) groups is 1. The van der Waals surface area contributed by atoms with Gasteiger partial charge in [-0.3, -0.25) is 9.69 Å². The molecule has 1 heterocycles. The minimum atomic E-state index is -0.0886. The first-order valence-corrected chi connectivity index (χ1v) is 7.89. The first-order valence-electron chi connectivity index (χ1n) is 7.89. The summed E-state index contributed by atoms with van der Waals surface area (Å²) in [7, 11) is 1.63. The number of nitrogens with one attached hydrogen (secondary N) is 1. The molecule has 1 atom stereocenters. The maximum Gasteiger partial charge on any atom is 0.241 e. The third-order valence-corrected chi connectivity index (χ3v) is 4.16. The van der Waals surface area contributed by atoms with E-state index >= 15 is 0 Å². The molecule has 0 aliphatic carbocycles. The molecule has 116 valence electrons. The van der Waals surface area contributed by atoms with Gasteiger partial charge in [0.2, 0.25) is 5.91 Å². The van der Waals surface area contributed by atoms with Gasteiger partial charge in [-0.05, 0) is 45.0 Å². The van der Waals surface area contributed by atoms with Gasteiger partial charge in [0.25, 0.3) is 0 Å². The third kappa shape index (κ3) is 4.74. The van der Waals surface area contributed by atoms with Crippen LogP contribution in [0.3, 0.4) is 0 Å². The Hall–Kier alpha value is -1.55. The number of nitrogens with zero attached hydrogens (tertiary/aromatic N) is 1. The molecule has 0 aromatic heterocycles. The molecule has 1 aliphatic rings. The molecule has 2 rings (SSSR count). The van der Waals surface area contributed by atoms with Crippen molar-refractivity contribution in [2.75, 3.05) is 25.5 Å². The molecule has 1 amide bonds. The zero-order valence-corrected chi connectivity index (χ0v) is 13.1. The molecule has 1 saturated heterocycles. The summed E-state index contributed by atoms with van der Waals surface area (Å²) >= 11 is 0. The van der Waals surface area contributed by atoms with E-state index in [1.165, 1.54) is 32.1 Å². The van der Waals surface area contributed by atoms with Crippen molar-refractivity contribution in [2.24, 2.45) is 0 Å². The largest absolute Gasteiger partial charge is 0.497 e. The third-order valence-electron chi connectivity index (χ3n) is 4.16. The quantitative estimate of drug-likeness (QED) is 0.925. The van der Waals surface area contributed by atoms with Crippen molar-refractivity contribution in [3.8, 4) is 5.75 Å². The van der Waals surface area contributed by atoms with Crippen LogP contribution >= 0.6 is 0 Å². The van der Waals surface area contributed by atoms with E-state index in [1.807, 2.05) is 31.2 Å². The van der Waals surface area contributed by atoms with Crippen LogP contribution in [0.15, 0.2) is 24.3 Å². The predicted molar refractivity (Wildman–Crippen MR) is 85.7 cm³/mol. The zero-order valence-electron chi connectivity index (χ0n) is 13.1. The summed E-state index contributed by atoms with van der Waals surface area (Å²) in [6.45, 7) is 4.04. The van der Waals surface area contributed by atoms with E-state index in [9.17, 15) is 4.79 Å². The topological polar surface area (TPSA) is 41.6 Å². The van der Waals surface area contributed by atoms with Crippen molar-refractivity contribution in [1.82, 2.24) is 4.90 Å². The van der Waals surface area contributed by atoms with Gasteiger partial charge in [-0.2, -0.15) is 0 Å². The van der Waals surface area contributed by atoms with Gasteiger partial charge < -0.3 is 10.1 Å². The Bertz CT molecular complexity index is 454. The number of benzene rings is 1. The Labute approximate surface area is 127 Å². The fourth-order valence-corrected chi connectivity index (χ4v) is 2.77. The SMILES string of the molecule is COc1cccc(NC(=O)[C@H](C)N2CCCCCCC2)c1. The van der Waals surface area contributed by atoms with Crippen LogP contribution in [-0.4, -0.2) is 37.0 Å². The van der Waals surface area contributed by atoms with E-state index in [2.05, 4.69) is 10.2 Å². The first-order chi connectivity index (χ1) is 10.2. The predicted octanol–water partition coefficient (Wildman–Crippen LogP) is 3.29. The fraction of sp³-hybridized carbons (Fsp3) is 0.588. The molecule has 4 heteroatoms. The summed E-state index contributed by atoms with van der Waals surface area (Å²) in [5.41, 5.74) is 0.790. The number of ether oxygens (including phenoxy) is 1. The number of anilines is 1. The van der Waals surface area contributed by atoms with Crippen LogP contribution in [0.25, 0.3) is 0 Å². The standard InChI is InChI=1S/C17H26N2O2/c1-14(19-11-6-4-3-5-7-12-19)17(20)18-15-9-8-10-16(13-15)21-2/h8-10,13-14H,3-7,11-12H2,1-2H3,(H,18,20)/t14-/m0/s1. The Balaban J connectivity index is 1.94. The van der Waals surface area contributed by atoms with Crippen LogP contribution in [0.1, 0.15) is 39.0 Å². The second-order valence-corrected chi connectivity index (χ2v) is 5.70. The first kappa shape index (κ1) is 15.8. The molecular weight excluding hydrogens is 264 g/mol. The maximum absolute atomic E-state index is 12.4. The molecule has 0 bridgehead atoms. The highest BCUT2D eigenvalue weighted by atomic mass is 16.5. The number of carbonyl (C=O) groups excluding carboxylic acids is 1. The summed E-state index contributed by atoms with van der Waals surface area (Å²) < 4.78 is 5.18. The van der Waals surface area contributed by atoms with E-state index in [0.29, 0.717) is 0 Å². The molecule has 0 saturated carbocycles. The molecule has 0 spiro atoms. The average Bonchev–Trinajstić information content (AvgIpc) is 2.46. The van der Waals surface area contributed by atoms with Crippen LogP contribution in [0.5, 0.6) is 5.75 Å². The molecule has 4 nitrogen and oxygen atoms in total. The van der Waals surface area contributed by atoms with E-state index in [-0.39, 0.29) is 11.9 Å². The van der Waals surface area contributed by atoms with E-state index in [1.54, 1.807) is 7.11 Å². The van der Waals surface area contributed by atoms with Gasteiger partial charge in [0.1, 0.15) is 5.75 Å². The molecule has 1 aliphatic heterocycles. The number of hydrogen-bond acceptors (Lipinski definition) is 3. The highest BCUT2D eigenvalue weighted by Crippen LogP contribution is 2.18. The van der Waals surface area contributed by atoms with E-state index in [0.717, 1.165) is 24.5 Å². The fourth-order valence-electron chi connectivity index (χ4n) is 2.77. The lowest BCUT2D eigenvalue weighted by Gasteiger charge is -2.29. The van der Waals surface area contributed by atoms with Crippen molar-refractivity contribution >= 4 is 11.6 Å². The Morgan fingerprint density at radius 3 is 2.52 bits per heavy atom. The van der Waals surface area contributed by atoms with Gasteiger partial charge in [0, 0.05) is 11.8 Å². The van der Waals surface area contributed by atoms with Crippen LogP contribution in [0.4, 0.5) is 5.69 Å². The highest BCUT2D eigenvalue weighted by molar-refractivity contribution is 5.94. The lowest BCUT2D eigenvalue weighted by atomic mass is 10.1. The Morgan fingerprint density at radius 1 is 1.19 bits per heavy atom. The van der Waals surface area contributed by atoms with Gasteiger partial charge >= 0.3 is 0 Å². The van der Waals surface area contributed by atoms with Gasteiger partial charge in [-0.15, -0.1) is 0 Å². The van der Waals surface area contributed by atoms with Crippen molar-refractivity contribution in [3.05, 3.63) is 24.3 Å². The minimum absolute atomic E-state index is 0.0591. The minimum Gasteiger partial charge on any atom is -0.497 e. The van der Waals surface area contributed by atoms with Crippen LogP contribution in [0.2, 0.25) is 0 Å². The normalized spacial score (nSPS) is 18.4. The number of likely N-dealkylation sites (tertiary alicyclic amines) is 1. The van der Waals surface area contributed by atoms with Crippen molar-refractivity contribution in [2.45, 2.75) is 45.1 Å². The zero-order chi connectivity index (χ0) is 15.1. The lowest BCUT2D eigenvalue weighted by Crippen LogP contribution is -2.43. The summed E-state index contributed by atoms with van der Waals surface area (Å²) in [4.78, 5) is 14.7. The molecule has 1 aromatic rings. The van der Waals surface area contributed by atoms with Gasteiger partial charge in [0.15, 0.2) is 0 Å². The van der Waals surface area contributed by atoms with Crippen molar-refractivity contribution in [3.63, 3.8) is 0 Å². The van der Waals surface area contributed by atoms with Crippen molar-refractivity contribution in [1.29, 1.82) is 0 Å². The summed E-state index contributed by atoms with van der Waals surface area (Å²) in [6.07, 6.45) is 6.27. The maximum atomic E-state index is 12.4. The van der Waals surface area contributed by atoms with Crippen LogP contribution < -0.4 is 10.1 Å². The molecule has 1 fully saturated rings. The average molecular weight is 290 g/mol. The van der Waals surface area contributed by atoms with Gasteiger partial charge in [-0.25, -0.2) is 0 Å². The molecule has 1 aromatic carbocycles. The Morgan fingerprint density at radius 2 is 1.86 bits per heavy atom. The molecule has 21 heavy (non-hydrogen) atoms. The molecule has 0 unspecified atom stereocenters. The number of amides is 1. The number of methoxy groups -OCH3 is 1. The summed E-state index contributed by atoms with van der Waals surface area (Å²) in [5.74, 6) is 0.815. The monoisotopic (exact) mass is 290 g/mol. The summed E-state index contributed by atoms with van der Waals surface area (Å²) in [5, 5.41) is 2.99. The second-order valence-electron chi connectivity index (χ2n) is 5.70. The Kier molecular flexibility index (Phi) is 6.05. The second kappa shape index (κ2) is 8.03. The molecule has 1 N–H and O–H groups in total. The smallest absolute Gasteiger partial charge is 0.241 e. The van der Waals surface area contributed by atoms with Crippen LogP contribution in [-0.2, 0) is 4.79 Å². The van der Waals surface area contributed by atoms with Crippen molar-refractivity contribution < 1.29 is 9.53 Å².